The van der Waals surface area contributed by atoms with Crippen molar-refractivity contribution in [3.8, 4) is 0 Å². The lowest BCUT2D eigenvalue weighted by molar-refractivity contribution is 0.607. The molecule has 72 valence electrons. The Morgan fingerprint density at radius 2 is 2.08 bits per heavy atom. The summed E-state index contributed by atoms with van der Waals surface area (Å²) in [5, 5.41) is 0.466. The molecule has 0 saturated heterocycles. The highest BCUT2D eigenvalue weighted by Gasteiger charge is 2.07. The number of halogens is 2. The maximum Gasteiger partial charge on any atom is 0.229 e. The second-order valence-corrected chi connectivity index (χ2v) is 5.42. The average Bonchev–Trinajstić information content (AvgIpc) is 1.96. The van der Waals surface area contributed by atoms with Gasteiger partial charge in [-0.25, -0.2) is 8.42 Å². The lowest BCUT2D eigenvalue weighted by Crippen LogP contribution is -2.09. The van der Waals surface area contributed by atoms with Crippen LogP contribution in [-0.4, -0.2) is 14.7 Å². The Morgan fingerprint density at radius 1 is 1.46 bits per heavy atom. The number of hydrogen-bond donors (Lipinski definition) is 1. The van der Waals surface area contributed by atoms with E-state index < -0.39 is 10.0 Å². The summed E-state index contributed by atoms with van der Waals surface area (Å²) in [5.74, 6) is 0. The zero-order valence-corrected chi connectivity index (χ0v) is 9.87. The van der Waals surface area contributed by atoms with Crippen LogP contribution in [0.15, 0.2) is 22.7 Å². The Hall–Kier alpha value is -0.260. The van der Waals surface area contributed by atoms with Gasteiger partial charge in [-0.05, 0) is 28.1 Å². The van der Waals surface area contributed by atoms with Crippen molar-refractivity contribution in [2.75, 3.05) is 11.0 Å². The summed E-state index contributed by atoms with van der Waals surface area (Å²) in [6.07, 6.45) is 1.08. The van der Waals surface area contributed by atoms with Crippen LogP contribution in [0.2, 0.25) is 5.02 Å². The molecule has 13 heavy (non-hydrogen) atoms. The summed E-state index contributed by atoms with van der Waals surface area (Å²) >= 11 is 8.93. The summed E-state index contributed by atoms with van der Waals surface area (Å²) in [7, 11) is -3.26. The second-order valence-electron chi connectivity index (χ2n) is 2.48. The van der Waals surface area contributed by atoms with Crippen LogP contribution >= 0.6 is 27.5 Å². The van der Waals surface area contributed by atoms with Crippen molar-refractivity contribution in [2.45, 2.75) is 0 Å². The molecule has 0 atom stereocenters. The lowest BCUT2D eigenvalue weighted by atomic mass is 10.3. The number of hydrogen-bond acceptors (Lipinski definition) is 2. The molecule has 1 N–H and O–H groups in total. The molecule has 0 bridgehead atoms. The van der Waals surface area contributed by atoms with Gasteiger partial charge < -0.3 is 0 Å². The first-order valence-corrected chi connectivity index (χ1v) is 6.38. The molecular weight excluding hydrogens is 278 g/mol. The Labute approximate surface area is 90.3 Å². The Morgan fingerprint density at radius 3 is 2.62 bits per heavy atom. The molecule has 3 nitrogen and oxygen atoms in total. The molecule has 0 aromatic heterocycles. The number of rotatable bonds is 2. The fraction of sp³-hybridized carbons (Fsp3) is 0.143. The first kappa shape index (κ1) is 10.8. The van der Waals surface area contributed by atoms with Crippen LogP contribution in [0.5, 0.6) is 0 Å². The zero-order valence-electron chi connectivity index (χ0n) is 6.71. The van der Waals surface area contributed by atoms with Gasteiger partial charge >= 0.3 is 0 Å². The molecule has 1 aromatic rings. The lowest BCUT2D eigenvalue weighted by Gasteiger charge is -2.06. The molecule has 0 fully saturated rings. The van der Waals surface area contributed by atoms with E-state index in [0.29, 0.717) is 15.2 Å². The van der Waals surface area contributed by atoms with Gasteiger partial charge in [0.05, 0.1) is 21.4 Å². The molecular formula is C7H7BrClNO2S. The fourth-order valence-electron chi connectivity index (χ4n) is 0.782. The predicted molar refractivity (Wildman–Crippen MR) is 57.6 cm³/mol. The third-order valence-electron chi connectivity index (χ3n) is 1.25. The first-order valence-electron chi connectivity index (χ1n) is 3.32. The van der Waals surface area contributed by atoms with Crippen LogP contribution < -0.4 is 4.72 Å². The molecule has 0 saturated carbocycles. The van der Waals surface area contributed by atoms with Crippen molar-refractivity contribution in [3.05, 3.63) is 27.7 Å². The van der Waals surface area contributed by atoms with Gasteiger partial charge in [-0.1, -0.05) is 17.7 Å². The van der Waals surface area contributed by atoms with E-state index in [-0.39, 0.29) is 0 Å². The summed E-state index contributed by atoms with van der Waals surface area (Å²) < 4.78 is 24.7. The summed E-state index contributed by atoms with van der Waals surface area (Å²) in [6, 6.07) is 4.96. The third-order valence-corrected chi connectivity index (χ3v) is 3.24. The maximum absolute atomic E-state index is 10.9. The van der Waals surface area contributed by atoms with Gasteiger partial charge in [-0.3, -0.25) is 4.72 Å². The standard InChI is InChI=1S/C7H7BrClNO2S/c1-13(11,12)10-6-4-2-3-5(9)7(6)8/h2-4,10H,1H3. The van der Waals surface area contributed by atoms with Crippen LogP contribution in [0.4, 0.5) is 5.69 Å². The molecule has 0 radical (unpaired) electrons. The monoisotopic (exact) mass is 283 g/mol. The van der Waals surface area contributed by atoms with Crippen molar-refractivity contribution in [1.29, 1.82) is 0 Å². The van der Waals surface area contributed by atoms with E-state index in [1.165, 1.54) is 0 Å². The SMILES string of the molecule is CS(=O)(=O)Nc1cccc(Cl)c1Br. The fourth-order valence-corrected chi connectivity index (χ4v) is 2.02. The van der Waals surface area contributed by atoms with Crippen molar-refractivity contribution in [2.24, 2.45) is 0 Å². The summed E-state index contributed by atoms with van der Waals surface area (Å²) in [4.78, 5) is 0. The highest BCUT2D eigenvalue weighted by Crippen LogP contribution is 2.30. The molecule has 0 aliphatic rings. The molecule has 0 spiro atoms. The van der Waals surface area contributed by atoms with E-state index >= 15 is 0 Å². The number of anilines is 1. The van der Waals surface area contributed by atoms with E-state index in [0.717, 1.165) is 6.26 Å². The second kappa shape index (κ2) is 3.86. The minimum atomic E-state index is -3.26. The highest BCUT2D eigenvalue weighted by atomic mass is 79.9. The Bertz CT molecular complexity index is 419. The molecule has 0 heterocycles. The first-order chi connectivity index (χ1) is 5.90. The van der Waals surface area contributed by atoms with Gasteiger partial charge in [0.15, 0.2) is 0 Å². The maximum atomic E-state index is 10.9. The Kier molecular flexibility index (Phi) is 3.21. The smallest absolute Gasteiger partial charge is 0.229 e. The van der Waals surface area contributed by atoms with Gasteiger partial charge in [0, 0.05) is 0 Å². The summed E-state index contributed by atoms with van der Waals surface area (Å²) in [5.41, 5.74) is 0.440. The highest BCUT2D eigenvalue weighted by molar-refractivity contribution is 9.10. The molecule has 0 amide bonds. The quantitative estimate of drug-likeness (QED) is 0.907. The van der Waals surface area contributed by atoms with Crippen molar-refractivity contribution >= 4 is 43.2 Å². The number of nitrogens with one attached hydrogen (secondary N) is 1. The van der Waals surface area contributed by atoms with E-state index in [9.17, 15) is 8.42 Å². The van der Waals surface area contributed by atoms with Crippen LogP contribution in [0, 0.1) is 0 Å². The number of benzene rings is 1. The van der Waals surface area contributed by atoms with Gasteiger partial charge in [0.1, 0.15) is 0 Å². The Balaban J connectivity index is 3.10. The largest absolute Gasteiger partial charge is 0.283 e. The van der Waals surface area contributed by atoms with E-state index in [2.05, 4.69) is 20.7 Å². The average molecular weight is 285 g/mol. The third kappa shape index (κ3) is 3.17. The van der Waals surface area contributed by atoms with Gasteiger partial charge in [-0.15, -0.1) is 0 Å². The molecule has 1 rings (SSSR count). The van der Waals surface area contributed by atoms with Crippen LogP contribution in [0.25, 0.3) is 0 Å². The predicted octanol–water partition coefficient (Wildman–Crippen LogP) is 2.47. The minimum Gasteiger partial charge on any atom is -0.283 e. The normalized spacial score (nSPS) is 11.3. The molecule has 6 heteroatoms. The van der Waals surface area contributed by atoms with E-state index in [1.807, 2.05) is 0 Å². The van der Waals surface area contributed by atoms with Crippen LogP contribution in [0.1, 0.15) is 0 Å². The van der Waals surface area contributed by atoms with Crippen LogP contribution in [0.3, 0.4) is 0 Å². The van der Waals surface area contributed by atoms with E-state index in [1.54, 1.807) is 18.2 Å². The van der Waals surface area contributed by atoms with E-state index in [4.69, 9.17) is 11.6 Å². The van der Waals surface area contributed by atoms with Crippen LogP contribution in [-0.2, 0) is 10.0 Å². The van der Waals surface area contributed by atoms with Gasteiger partial charge in [0.25, 0.3) is 0 Å². The minimum absolute atomic E-state index is 0.440. The molecule has 0 aliphatic heterocycles. The molecule has 0 unspecified atom stereocenters. The van der Waals surface area contributed by atoms with Crippen molar-refractivity contribution in [1.82, 2.24) is 0 Å². The van der Waals surface area contributed by atoms with Gasteiger partial charge in [-0.2, -0.15) is 0 Å². The van der Waals surface area contributed by atoms with Crippen molar-refractivity contribution in [3.63, 3.8) is 0 Å². The topological polar surface area (TPSA) is 46.2 Å². The number of sulfonamides is 1. The van der Waals surface area contributed by atoms with Gasteiger partial charge in [0.2, 0.25) is 10.0 Å². The summed E-state index contributed by atoms with van der Waals surface area (Å²) in [6.45, 7) is 0. The van der Waals surface area contributed by atoms with Crippen molar-refractivity contribution < 1.29 is 8.42 Å². The molecule has 1 aromatic carbocycles. The molecule has 0 aliphatic carbocycles. The zero-order chi connectivity index (χ0) is 10.1.